The van der Waals surface area contributed by atoms with Gasteiger partial charge in [-0.15, -0.1) is 18.3 Å². The van der Waals surface area contributed by atoms with Gasteiger partial charge in [0.15, 0.2) is 12.5 Å². The van der Waals surface area contributed by atoms with Crippen LogP contribution in [0, 0.1) is 0 Å². The Kier molecular flexibility index (Phi) is 1.54. The summed E-state index contributed by atoms with van der Waals surface area (Å²) in [7, 11) is 0. The van der Waals surface area contributed by atoms with Gasteiger partial charge in [0.2, 0.25) is 0 Å². The van der Waals surface area contributed by atoms with Crippen molar-refractivity contribution in [2.24, 2.45) is 10.2 Å². The monoisotopic (exact) mass is 190 g/mol. The van der Waals surface area contributed by atoms with Crippen molar-refractivity contribution in [1.29, 1.82) is 0 Å². The molecule has 0 aromatic rings. The Bertz CT molecular complexity index is 303. The molecule has 70 valence electrons. The van der Waals surface area contributed by atoms with E-state index >= 15 is 0 Å². The molecule has 0 saturated carbocycles. The number of allylic oxidation sites excluding steroid dienone is 2. The van der Waals surface area contributed by atoms with Gasteiger partial charge in [-0.1, -0.05) is 0 Å². The molecule has 0 unspecified atom stereocenters. The molecule has 0 amide bonds. The maximum atomic E-state index is 12.3. The quantitative estimate of drug-likeness (QED) is 0.545. The molecule has 0 saturated heterocycles. The van der Waals surface area contributed by atoms with Crippen molar-refractivity contribution in [2.45, 2.75) is 6.30 Å². The zero-order valence-electron chi connectivity index (χ0n) is 6.36. The van der Waals surface area contributed by atoms with Gasteiger partial charge in [-0.3, -0.25) is 0 Å². The number of hydrazine groups is 1. The van der Waals surface area contributed by atoms with E-state index in [2.05, 4.69) is 10.2 Å². The lowest BCUT2D eigenvalue weighted by molar-refractivity contribution is -0.283. The molecule has 0 bridgehead atoms. The number of azo groups is 1. The molecule has 13 heavy (non-hydrogen) atoms. The van der Waals surface area contributed by atoms with Crippen LogP contribution in [0.4, 0.5) is 13.2 Å². The van der Waals surface area contributed by atoms with Crippen LogP contribution < -0.4 is 0 Å². The highest BCUT2D eigenvalue weighted by molar-refractivity contribution is 5.15. The zero-order chi connectivity index (χ0) is 9.47. The van der Waals surface area contributed by atoms with Crippen LogP contribution in [-0.4, -0.2) is 23.0 Å². The highest BCUT2D eigenvalue weighted by atomic mass is 19.4. The smallest absolute Gasteiger partial charge is 0.236 e. The van der Waals surface area contributed by atoms with Crippen molar-refractivity contribution < 1.29 is 13.2 Å². The van der Waals surface area contributed by atoms with Crippen LogP contribution in [0.25, 0.3) is 0 Å². The minimum Gasteiger partial charge on any atom is -0.236 e. The summed E-state index contributed by atoms with van der Waals surface area (Å²) in [6.45, 7) is -0.0876. The fourth-order valence-corrected chi connectivity index (χ4v) is 1.10. The van der Waals surface area contributed by atoms with Crippen LogP contribution >= 0.6 is 0 Å². The maximum Gasteiger partial charge on any atom is 0.502 e. The number of nitrogens with zero attached hydrogens (tertiary/aromatic N) is 4. The minimum absolute atomic E-state index is 0.0876. The molecule has 0 aromatic heterocycles. The maximum absolute atomic E-state index is 12.3. The second-order valence-electron chi connectivity index (χ2n) is 2.46. The first-order chi connectivity index (χ1) is 6.09. The van der Waals surface area contributed by atoms with E-state index in [0.29, 0.717) is 0 Å². The normalized spacial score (nSPS) is 20.7. The minimum atomic E-state index is -4.43. The number of hydrogen-bond donors (Lipinski definition) is 0. The molecular formula is C6H5F3N4. The van der Waals surface area contributed by atoms with Crippen LogP contribution in [0.3, 0.4) is 0 Å². The van der Waals surface area contributed by atoms with Crippen LogP contribution in [0.1, 0.15) is 0 Å². The van der Waals surface area contributed by atoms with E-state index in [1.807, 2.05) is 0 Å². The Hall–Kier alpha value is -1.53. The molecule has 0 aliphatic carbocycles. The number of rotatable bonds is 0. The summed E-state index contributed by atoms with van der Waals surface area (Å²) in [5, 5.41) is 8.13. The molecule has 4 nitrogen and oxygen atoms in total. The Balaban J connectivity index is 2.26. The number of halogens is 3. The first-order valence-corrected chi connectivity index (χ1v) is 3.48. The van der Waals surface area contributed by atoms with Crippen LogP contribution in [0.15, 0.2) is 34.4 Å². The summed E-state index contributed by atoms with van der Waals surface area (Å²) in [5.74, 6) is 0.208. The Labute approximate surface area is 71.6 Å². The predicted octanol–water partition coefficient (Wildman–Crippen LogP) is 1.82. The lowest BCUT2D eigenvalue weighted by Gasteiger charge is -2.33. The van der Waals surface area contributed by atoms with E-state index in [9.17, 15) is 13.2 Å². The van der Waals surface area contributed by atoms with Gasteiger partial charge in [-0.25, -0.2) is 5.01 Å². The van der Waals surface area contributed by atoms with Crippen LogP contribution in [0.2, 0.25) is 0 Å². The third-order valence-electron chi connectivity index (χ3n) is 1.63. The number of hydrogen-bond acceptors (Lipinski definition) is 4. The molecule has 7 heteroatoms. The fourth-order valence-electron chi connectivity index (χ4n) is 1.10. The number of fused-ring (bicyclic) bond motifs is 1. The van der Waals surface area contributed by atoms with Crippen molar-refractivity contribution in [3.8, 4) is 0 Å². The van der Waals surface area contributed by atoms with E-state index in [4.69, 9.17) is 0 Å². The summed E-state index contributed by atoms with van der Waals surface area (Å²) in [6, 6.07) is 0. The van der Waals surface area contributed by atoms with Gasteiger partial charge in [0.1, 0.15) is 0 Å². The molecule has 2 aliphatic heterocycles. The van der Waals surface area contributed by atoms with E-state index in [1.54, 1.807) is 0 Å². The Morgan fingerprint density at radius 3 is 2.85 bits per heavy atom. The number of alkyl halides is 3. The van der Waals surface area contributed by atoms with Gasteiger partial charge in [-0.2, -0.15) is 10.1 Å². The summed E-state index contributed by atoms with van der Waals surface area (Å²) in [5.41, 5.74) is 0. The summed E-state index contributed by atoms with van der Waals surface area (Å²) < 4.78 is 36.9. The largest absolute Gasteiger partial charge is 0.502 e. The molecule has 0 N–H and O–H groups in total. The highest BCUT2D eigenvalue weighted by Crippen LogP contribution is 2.30. The van der Waals surface area contributed by atoms with E-state index in [-0.39, 0.29) is 17.5 Å². The third-order valence-corrected chi connectivity index (χ3v) is 1.63. The van der Waals surface area contributed by atoms with Gasteiger partial charge in [-0.05, 0) is 12.2 Å². The second kappa shape index (κ2) is 2.48. The van der Waals surface area contributed by atoms with Crippen LogP contribution in [-0.2, 0) is 0 Å². The van der Waals surface area contributed by atoms with Crippen molar-refractivity contribution in [3.63, 3.8) is 0 Å². The standard InChI is InChI=1S/C6H5F3N4/c7-6(8,9)13-3-1-2-5-11-10-4-12(5)13/h1-3H,4H2. The highest BCUT2D eigenvalue weighted by Gasteiger charge is 2.42. The van der Waals surface area contributed by atoms with Crippen molar-refractivity contribution in [2.75, 3.05) is 6.67 Å². The first-order valence-electron chi connectivity index (χ1n) is 3.48. The van der Waals surface area contributed by atoms with Crippen molar-refractivity contribution in [3.05, 3.63) is 24.2 Å². The van der Waals surface area contributed by atoms with Crippen LogP contribution in [0.5, 0.6) is 0 Å². The average Bonchev–Trinajstić information content (AvgIpc) is 2.48. The lowest BCUT2D eigenvalue weighted by atomic mass is 10.4. The third kappa shape index (κ3) is 1.25. The molecular weight excluding hydrogens is 185 g/mol. The molecule has 0 aromatic carbocycles. The van der Waals surface area contributed by atoms with E-state index < -0.39 is 6.30 Å². The Morgan fingerprint density at radius 1 is 1.38 bits per heavy atom. The SMILES string of the molecule is FC(F)(F)N1C=CC=C2N=NCN21. The summed E-state index contributed by atoms with van der Waals surface area (Å²) in [6.07, 6.45) is -0.742. The molecule has 2 aliphatic rings. The summed E-state index contributed by atoms with van der Waals surface area (Å²) >= 11 is 0. The second-order valence-corrected chi connectivity index (χ2v) is 2.46. The predicted molar refractivity (Wildman–Crippen MR) is 36.7 cm³/mol. The molecule has 0 fully saturated rings. The molecule has 0 radical (unpaired) electrons. The van der Waals surface area contributed by atoms with E-state index in [0.717, 1.165) is 11.2 Å². The van der Waals surface area contributed by atoms with Gasteiger partial charge in [0.05, 0.1) is 0 Å². The van der Waals surface area contributed by atoms with Gasteiger partial charge in [0, 0.05) is 6.20 Å². The summed E-state index contributed by atoms with van der Waals surface area (Å²) in [4.78, 5) is 0. The molecule has 0 spiro atoms. The van der Waals surface area contributed by atoms with E-state index in [1.165, 1.54) is 12.2 Å². The van der Waals surface area contributed by atoms with Gasteiger partial charge < -0.3 is 0 Å². The zero-order valence-corrected chi connectivity index (χ0v) is 6.36. The molecule has 0 atom stereocenters. The Morgan fingerprint density at radius 2 is 2.15 bits per heavy atom. The topological polar surface area (TPSA) is 31.2 Å². The van der Waals surface area contributed by atoms with Crippen molar-refractivity contribution in [1.82, 2.24) is 10.0 Å². The molecule has 2 rings (SSSR count). The first kappa shape index (κ1) is 8.09. The average molecular weight is 190 g/mol. The molecule has 2 heterocycles. The van der Waals surface area contributed by atoms with Gasteiger partial charge in [0.25, 0.3) is 0 Å². The lowest BCUT2D eigenvalue weighted by Crippen LogP contribution is -2.46. The fraction of sp³-hybridized carbons (Fsp3) is 0.333. The van der Waals surface area contributed by atoms with Crippen molar-refractivity contribution >= 4 is 0 Å². The van der Waals surface area contributed by atoms with Gasteiger partial charge >= 0.3 is 6.30 Å².